The van der Waals surface area contributed by atoms with E-state index >= 15 is 0 Å². The molecule has 1 saturated heterocycles. The molecule has 0 radical (unpaired) electrons. The van der Waals surface area contributed by atoms with Crippen LogP contribution in [0.2, 0.25) is 0 Å². The number of nitrogens with zero attached hydrogens (tertiary/aromatic N) is 3. The predicted molar refractivity (Wildman–Crippen MR) is 121 cm³/mol. The molecule has 0 aliphatic carbocycles. The van der Waals surface area contributed by atoms with E-state index in [2.05, 4.69) is 5.32 Å². The first-order chi connectivity index (χ1) is 15.0. The van der Waals surface area contributed by atoms with Crippen LogP contribution in [0.4, 0.5) is 0 Å². The molecule has 0 atom stereocenters. The summed E-state index contributed by atoms with van der Waals surface area (Å²) >= 11 is 0. The minimum absolute atomic E-state index is 0.189. The van der Waals surface area contributed by atoms with Crippen molar-refractivity contribution in [2.24, 2.45) is 0 Å². The first-order valence-electron chi connectivity index (χ1n) is 10.2. The van der Waals surface area contributed by atoms with Crippen LogP contribution in [-0.4, -0.2) is 53.8 Å². The summed E-state index contributed by atoms with van der Waals surface area (Å²) in [5.41, 5.74) is 3.47. The smallest absolute Gasteiger partial charge is 0.244 e. The monoisotopic (exact) mass is 436 g/mol. The third-order valence-corrected chi connectivity index (χ3v) is 7.04. The molecule has 1 aliphatic rings. The number of nitrogens with one attached hydrogen (secondary N) is 1. The Morgan fingerprint density at radius 3 is 2.45 bits per heavy atom. The molecule has 0 saturated carbocycles. The maximum atomic E-state index is 12.3. The van der Waals surface area contributed by atoms with Crippen LogP contribution < -0.4 is 5.32 Å². The van der Waals surface area contributed by atoms with Gasteiger partial charge in [-0.15, -0.1) is 0 Å². The predicted octanol–water partition coefficient (Wildman–Crippen LogP) is 2.70. The molecule has 160 valence electrons. The SMILES string of the molecule is O=C(C=Cc1cn(-c2ccccc2)nc1-c1ccccc1)NCCN1CCCS1(=O)=O. The van der Waals surface area contributed by atoms with Crippen molar-refractivity contribution in [3.05, 3.63) is 78.5 Å². The molecule has 31 heavy (non-hydrogen) atoms. The zero-order chi connectivity index (χ0) is 21.7. The first-order valence-corrected chi connectivity index (χ1v) is 11.8. The summed E-state index contributed by atoms with van der Waals surface area (Å²) in [5.74, 6) is -0.0859. The number of sulfonamides is 1. The van der Waals surface area contributed by atoms with Gasteiger partial charge in [0.1, 0.15) is 0 Å². The lowest BCUT2D eigenvalue weighted by Crippen LogP contribution is -2.35. The van der Waals surface area contributed by atoms with E-state index in [4.69, 9.17) is 5.10 Å². The average molecular weight is 437 g/mol. The van der Waals surface area contributed by atoms with Crippen molar-refractivity contribution in [3.8, 4) is 16.9 Å². The number of para-hydroxylation sites is 1. The van der Waals surface area contributed by atoms with Gasteiger partial charge < -0.3 is 5.32 Å². The Morgan fingerprint density at radius 1 is 1.06 bits per heavy atom. The van der Waals surface area contributed by atoms with Crippen molar-refractivity contribution in [1.29, 1.82) is 0 Å². The maximum absolute atomic E-state index is 12.3. The van der Waals surface area contributed by atoms with Gasteiger partial charge in [-0.05, 0) is 24.6 Å². The van der Waals surface area contributed by atoms with Crippen LogP contribution in [0.1, 0.15) is 12.0 Å². The average Bonchev–Trinajstić information content (AvgIpc) is 3.36. The number of amides is 1. The minimum Gasteiger partial charge on any atom is -0.351 e. The van der Waals surface area contributed by atoms with Crippen molar-refractivity contribution >= 4 is 22.0 Å². The molecule has 1 aromatic heterocycles. The fourth-order valence-corrected chi connectivity index (χ4v) is 5.04. The molecule has 0 spiro atoms. The van der Waals surface area contributed by atoms with Gasteiger partial charge in [-0.25, -0.2) is 17.4 Å². The first kappa shape index (κ1) is 21.0. The summed E-state index contributed by atoms with van der Waals surface area (Å²) < 4.78 is 26.9. The summed E-state index contributed by atoms with van der Waals surface area (Å²) in [6, 6.07) is 19.6. The highest BCUT2D eigenvalue weighted by Gasteiger charge is 2.27. The summed E-state index contributed by atoms with van der Waals surface area (Å²) in [4.78, 5) is 12.3. The molecule has 2 aromatic carbocycles. The highest BCUT2D eigenvalue weighted by atomic mass is 32.2. The van der Waals surface area contributed by atoms with Crippen molar-refractivity contribution in [1.82, 2.24) is 19.4 Å². The van der Waals surface area contributed by atoms with Gasteiger partial charge in [0.05, 0.1) is 17.1 Å². The highest BCUT2D eigenvalue weighted by Crippen LogP contribution is 2.24. The van der Waals surface area contributed by atoms with Crippen LogP contribution in [-0.2, 0) is 14.8 Å². The lowest BCUT2D eigenvalue weighted by molar-refractivity contribution is -0.116. The van der Waals surface area contributed by atoms with Crippen LogP contribution >= 0.6 is 0 Å². The third-order valence-electron chi connectivity index (χ3n) is 5.09. The Kier molecular flexibility index (Phi) is 6.29. The maximum Gasteiger partial charge on any atom is 0.244 e. The van der Waals surface area contributed by atoms with Crippen molar-refractivity contribution < 1.29 is 13.2 Å². The molecule has 7 nitrogen and oxygen atoms in total. The molecule has 1 aliphatic heterocycles. The Labute approximate surface area is 182 Å². The number of carbonyl (C=O) groups excluding carboxylic acids is 1. The van der Waals surface area contributed by atoms with Gasteiger partial charge in [-0.1, -0.05) is 48.5 Å². The van der Waals surface area contributed by atoms with Crippen molar-refractivity contribution in [3.63, 3.8) is 0 Å². The van der Waals surface area contributed by atoms with Crippen molar-refractivity contribution in [2.45, 2.75) is 6.42 Å². The van der Waals surface area contributed by atoms with E-state index in [-0.39, 0.29) is 18.2 Å². The molecule has 0 bridgehead atoms. The normalized spacial score (nSPS) is 16.0. The van der Waals surface area contributed by atoms with Gasteiger partial charge in [0.25, 0.3) is 0 Å². The molecular formula is C23H24N4O3S. The van der Waals surface area contributed by atoms with Crippen molar-refractivity contribution in [2.75, 3.05) is 25.4 Å². The second kappa shape index (κ2) is 9.28. The van der Waals surface area contributed by atoms with Crippen LogP contribution in [0.25, 0.3) is 23.0 Å². The topological polar surface area (TPSA) is 84.3 Å². The number of carbonyl (C=O) groups is 1. The molecule has 0 unspecified atom stereocenters. The Morgan fingerprint density at radius 2 is 1.77 bits per heavy atom. The second-order valence-corrected chi connectivity index (χ2v) is 9.36. The second-order valence-electron chi connectivity index (χ2n) is 7.27. The van der Waals surface area contributed by atoms with Gasteiger partial charge in [-0.2, -0.15) is 5.10 Å². The van der Waals surface area contributed by atoms with E-state index in [1.165, 1.54) is 10.4 Å². The lowest BCUT2D eigenvalue weighted by atomic mass is 10.1. The summed E-state index contributed by atoms with van der Waals surface area (Å²) in [5, 5.41) is 7.48. The number of hydrogen-bond acceptors (Lipinski definition) is 4. The summed E-state index contributed by atoms with van der Waals surface area (Å²) in [6.45, 7) is 1.09. The molecule has 1 amide bonds. The largest absolute Gasteiger partial charge is 0.351 e. The molecule has 3 aromatic rings. The fraction of sp³-hybridized carbons (Fsp3) is 0.217. The fourth-order valence-electron chi connectivity index (χ4n) is 3.51. The molecule has 1 fully saturated rings. The highest BCUT2D eigenvalue weighted by molar-refractivity contribution is 7.89. The zero-order valence-corrected chi connectivity index (χ0v) is 17.8. The summed E-state index contributed by atoms with van der Waals surface area (Å²) in [6.07, 6.45) is 5.72. The van der Waals surface area contributed by atoms with Crippen LogP contribution in [0.5, 0.6) is 0 Å². The number of rotatable bonds is 7. The van der Waals surface area contributed by atoms with E-state index in [1.807, 2.05) is 66.9 Å². The number of hydrogen-bond donors (Lipinski definition) is 1. The zero-order valence-electron chi connectivity index (χ0n) is 17.0. The van der Waals surface area contributed by atoms with E-state index in [0.29, 0.717) is 19.5 Å². The van der Waals surface area contributed by atoms with Gasteiger partial charge in [0.15, 0.2) is 0 Å². The van der Waals surface area contributed by atoms with E-state index in [9.17, 15) is 13.2 Å². The Hall–Kier alpha value is -3.23. The van der Waals surface area contributed by atoms with Gasteiger partial charge in [-0.3, -0.25) is 4.79 Å². The van der Waals surface area contributed by atoms with Gasteiger partial charge >= 0.3 is 0 Å². The van der Waals surface area contributed by atoms with E-state index in [1.54, 1.807) is 10.8 Å². The molecule has 1 N–H and O–H groups in total. The van der Waals surface area contributed by atoms with Crippen LogP contribution in [0.3, 0.4) is 0 Å². The molecular weight excluding hydrogens is 412 g/mol. The van der Waals surface area contributed by atoms with Crippen LogP contribution in [0.15, 0.2) is 72.9 Å². The van der Waals surface area contributed by atoms with Gasteiger partial charge in [0, 0.05) is 43.0 Å². The van der Waals surface area contributed by atoms with Crippen LogP contribution in [0, 0.1) is 0 Å². The minimum atomic E-state index is -3.15. The number of benzene rings is 2. The Bertz CT molecular complexity index is 1170. The van der Waals surface area contributed by atoms with E-state index in [0.717, 1.165) is 22.5 Å². The van der Waals surface area contributed by atoms with E-state index < -0.39 is 10.0 Å². The Balaban J connectivity index is 1.48. The number of aromatic nitrogens is 2. The van der Waals surface area contributed by atoms with Gasteiger partial charge in [0.2, 0.25) is 15.9 Å². The molecule has 2 heterocycles. The standard InChI is InChI=1S/C23H24N4O3S/c28-22(24-14-16-26-15-7-17-31(26,29)30)13-12-20-18-27(21-10-5-2-6-11-21)25-23(20)19-8-3-1-4-9-19/h1-6,8-13,18H,7,14-17H2,(H,24,28). The lowest BCUT2D eigenvalue weighted by Gasteiger charge is -2.13. The summed E-state index contributed by atoms with van der Waals surface area (Å²) in [7, 11) is -3.15. The third kappa shape index (κ3) is 5.10. The molecule has 8 heteroatoms. The quantitative estimate of drug-likeness (QED) is 0.577. The molecule has 4 rings (SSSR count).